The average molecular weight is 245 g/mol. The number of sulfonamides is 1. The molecule has 0 aliphatic rings. The van der Waals surface area contributed by atoms with E-state index in [1.165, 1.54) is 13.2 Å². The highest BCUT2D eigenvalue weighted by molar-refractivity contribution is 7.92. The molecule has 1 atom stereocenters. The smallest absolute Gasteiger partial charge is 0.232 e. The number of hydrogen-bond donors (Lipinski definition) is 2. The Balaban J connectivity index is 2.91. The highest BCUT2D eigenvalue weighted by atomic mass is 32.2. The first-order valence-electron chi connectivity index (χ1n) is 4.80. The average Bonchev–Trinajstić information content (AvgIpc) is 2.28. The maximum Gasteiger partial charge on any atom is 0.232 e. The highest BCUT2D eigenvalue weighted by Gasteiger charge is 2.09. The van der Waals surface area contributed by atoms with Crippen molar-refractivity contribution in [2.75, 3.05) is 17.6 Å². The minimum atomic E-state index is -3.29. The quantitative estimate of drug-likeness (QED) is 0.761. The predicted octanol–water partition coefficient (Wildman–Crippen LogP) is 1.09. The van der Waals surface area contributed by atoms with Crippen molar-refractivity contribution in [3.05, 3.63) is 29.8 Å². The Morgan fingerprint density at radius 3 is 2.75 bits per heavy atom. The Kier molecular flexibility index (Phi) is 4.28. The van der Waals surface area contributed by atoms with E-state index >= 15 is 0 Å². The van der Waals surface area contributed by atoms with Crippen molar-refractivity contribution in [2.24, 2.45) is 0 Å². The van der Waals surface area contributed by atoms with E-state index in [1.807, 2.05) is 0 Å². The number of benzene rings is 1. The van der Waals surface area contributed by atoms with Gasteiger partial charge in [-0.1, -0.05) is 12.1 Å². The van der Waals surface area contributed by atoms with Crippen molar-refractivity contribution < 1.29 is 18.3 Å². The molecule has 0 saturated heterocycles. The fourth-order valence-corrected chi connectivity index (χ4v) is 1.77. The molecular formula is C10H15NO4S. The maximum absolute atomic E-state index is 11.3. The van der Waals surface area contributed by atoms with Gasteiger partial charge in [0, 0.05) is 18.4 Å². The molecule has 1 unspecified atom stereocenters. The lowest BCUT2D eigenvalue weighted by molar-refractivity contribution is -0.0769. The summed E-state index contributed by atoms with van der Waals surface area (Å²) in [5.74, 6) is 0.00403. The van der Waals surface area contributed by atoms with Gasteiger partial charge in [-0.2, -0.15) is 0 Å². The van der Waals surface area contributed by atoms with Crippen LogP contribution in [0.2, 0.25) is 0 Å². The summed E-state index contributed by atoms with van der Waals surface area (Å²) in [6.07, 6.45) is -1.05. The molecule has 0 radical (unpaired) electrons. The van der Waals surface area contributed by atoms with Crippen LogP contribution in [0, 0.1) is 0 Å². The predicted molar refractivity (Wildman–Crippen MR) is 61.5 cm³/mol. The molecule has 0 fully saturated rings. The van der Waals surface area contributed by atoms with E-state index < -0.39 is 16.3 Å². The first-order valence-corrected chi connectivity index (χ1v) is 6.45. The van der Waals surface area contributed by atoms with Gasteiger partial charge in [-0.15, -0.1) is 0 Å². The van der Waals surface area contributed by atoms with Gasteiger partial charge in [0.1, 0.15) is 0 Å². The molecule has 0 spiro atoms. The fourth-order valence-electron chi connectivity index (χ4n) is 1.14. The molecule has 16 heavy (non-hydrogen) atoms. The van der Waals surface area contributed by atoms with Crippen LogP contribution in [-0.4, -0.2) is 26.4 Å². The number of aliphatic hydroxyl groups excluding tert-OH is 1. The molecule has 0 heterocycles. The summed E-state index contributed by atoms with van der Waals surface area (Å²) in [5.41, 5.74) is 0.911. The van der Waals surface area contributed by atoms with Crippen LogP contribution in [0.1, 0.15) is 18.8 Å². The Morgan fingerprint density at radius 2 is 2.19 bits per heavy atom. The van der Waals surface area contributed by atoms with Crippen LogP contribution in [0.5, 0.6) is 0 Å². The van der Waals surface area contributed by atoms with Crippen molar-refractivity contribution in [3.8, 4) is 0 Å². The van der Waals surface area contributed by atoms with Crippen LogP contribution in [0.25, 0.3) is 0 Å². The van der Waals surface area contributed by atoms with Crippen LogP contribution in [-0.2, 0) is 14.8 Å². The summed E-state index contributed by atoms with van der Waals surface area (Å²) >= 11 is 0. The van der Waals surface area contributed by atoms with Gasteiger partial charge in [-0.25, -0.2) is 8.42 Å². The van der Waals surface area contributed by atoms with Crippen molar-refractivity contribution in [1.29, 1.82) is 0 Å². The number of ether oxygens (including phenoxy) is 1. The van der Waals surface area contributed by atoms with Gasteiger partial charge in [0.05, 0.1) is 5.75 Å². The molecule has 0 amide bonds. The molecule has 0 saturated carbocycles. The van der Waals surface area contributed by atoms with E-state index in [-0.39, 0.29) is 5.75 Å². The largest absolute Gasteiger partial charge is 0.364 e. The summed E-state index contributed by atoms with van der Waals surface area (Å²) < 4.78 is 29.7. The standard InChI is InChI=1S/C10H15NO4S/c1-3-16(13,14)11-9-6-4-5-8(7-9)10(12)15-2/h4-7,10-12H,3H2,1-2H3. The van der Waals surface area contributed by atoms with Gasteiger partial charge in [-0.3, -0.25) is 4.72 Å². The topological polar surface area (TPSA) is 75.6 Å². The van der Waals surface area contributed by atoms with E-state index in [4.69, 9.17) is 4.74 Å². The van der Waals surface area contributed by atoms with Gasteiger partial charge in [0.2, 0.25) is 10.0 Å². The molecule has 0 aliphatic carbocycles. The normalized spacial score (nSPS) is 13.4. The molecule has 1 aromatic carbocycles. The number of anilines is 1. The number of hydrogen-bond acceptors (Lipinski definition) is 4. The number of aliphatic hydroxyl groups is 1. The molecule has 1 aromatic rings. The van der Waals surface area contributed by atoms with Gasteiger partial charge < -0.3 is 9.84 Å². The molecule has 1 rings (SSSR count). The molecule has 6 heteroatoms. The van der Waals surface area contributed by atoms with Crippen molar-refractivity contribution in [2.45, 2.75) is 13.2 Å². The van der Waals surface area contributed by atoms with Gasteiger partial charge >= 0.3 is 0 Å². The van der Waals surface area contributed by atoms with E-state index in [0.717, 1.165) is 0 Å². The van der Waals surface area contributed by atoms with Crippen LogP contribution < -0.4 is 4.72 Å². The van der Waals surface area contributed by atoms with E-state index in [2.05, 4.69) is 4.72 Å². The van der Waals surface area contributed by atoms with E-state index in [1.54, 1.807) is 25.1 Å². The zero-order valence-electron chi connectivity index (χ0n) is 9.17. The lowest BCUT2D eigenvalue weighted by Crippen LogP contribution is -2.14. The van der Waals surface area contributed by atoms with Crippen molar-refractivity contribution in [3.63, 3.8) is 0 Å². The van der Waals surface area contributed by atoms with Gasteiger partial charge in [-0.05, 0) is 19.1 Å². The summed E-state index contributed by atoms with van der Waals surface area (Å²) in [5, 5.41) is 9.41. The van der Waals surface area contributed by atoms with Crippen LogP contribution in [0.3, 0.4) is 0 Å². The molecule has 90 valence electrons. The monoisotopic (exact) mass is 245 g/mol. The summed E-state index contributed by atoms with van der Waals surface area (Å²) in [6.45, 7) is 1.55. The van der Waals surface area contributed by atoms with Crippen molar-refractivity contribution >= 4 is 15.7 Å². The van der Waals surface area contributed by atoms with E-state index in [0.29, 0.717) is 11.3 Å². The summed E-state index contributed by atoms with van der Waals surface area (Å²) in [4.78, 5) is 0. The Labute approximate surface area is 95.1 Å². The fraction of sp³-hybridized carbons (Fsp3) is 0.400. The van der Waals surface area contributed by atoms with Gasteiger partial charge in [0.25, 0.3) is 0 Å². The van der Waals surface area contributed by atoms with Crippen LogP contribution >= 0.6 is 0 Å². The third kappa shape index (κ3) is 3.48. The Bertz CT molecular complexity index is 444. The highest BCUT2D eigenvalue weighted by Crippen LogP contribution is 2.18. The minimum Gasteiger partial charge on any atom is -0.364 e. The second-order valence-corrected chi connectivity index (χ2v) is 5.23. The number of nitrogens with one attached hydrogen (secondary N) is 1. The first kappa shape index (κ1) is 13.0. The van der Waals surface area contributed by atoms with Crippen LogP contribution in [0.4, 0.5) is 5.69 Å². The summed E-state index contributed by atoms with van der Waals surface area (Å²) in [6, 6.07) is 6.43. The number of methoxy groups -OCH3 is 1. The Hall–Kier alpha value is -1.11. The minimum absolute atomic E-state index is 0.00403. The first-order chi connectivity index (χ1) is 7.48. The van der Waals surface area contributed by atoms with Gasteiger partial charge in [0.15, 0.2) is 6.29 Å². The zero-order chi connectivity index (χ0) is 12.2. The second-order valence-electron chi connectivity index (χ2n) is 3.22. The number of rotatable bonds is 5. The molecule has 5 nitrogen and oxygen atoms in total. The molecule has 2 N–H and O–H groups in total. The SMILES string of the molecule is CCS(=O)(=O)Nc1cccc(C(O)OC)c1. The molecule has 0 aromatic heterocycles. The third-order valence-corrected chi connectivity index (χ3v) is 3.36. The van der Waals surface area contributed by atoms with E-state index in [9.17, 15) is 13.5 Å². The third-order valence-electron chi connectivity index (χ3n) is 2.05. The molecule has 0 bridgehead atoms. The Morgan fingerprint density at radius 1 is 1.50 bits per heavy atom. The maximum atomic E-state index is 11.3. The van der Waals surface area contributed by atoms with Crippen molar-refractivity contribution in [1.82, 2.24) is 0 Å². The van der Waals surface area contributed by atoms with Crippen LogP contribution in [0.15, 0.2) is 24.3 Å². The lowest BCUT2D eigenvalue weighted by atomic mass is 10.2. The second kappa shape index (κ2) is 5.29. The lowest BCUT2D eigenvalue weighted by Gasteiger charge is -2.11. The molecule has 0 aliphatic heterocycles. The zero-order valence-corrected chi connectivity index (χ0v) is 9.99. The summed E-state index contributed by atoms with van der Waals surface area (Å²) in [7, 11) is -1.93. The molecular weight excluding hydrogens is 230 g/mol.